The van der Waals surface area contributed by atoms with Crippen molar-refractivity contribution in [3.8, 4) is 0 Å². The SMILES string of the molecule is Cc1ccc2c(n1)CC(C(C)C)C2. The highest BCUT2D eigenvalue weighted by Gasteiger charge is 2.24. The van der Waals surface area contributed by atoms with Crippen LogP contribution in [-0.4, -0.2) is 4.98 Å². The third-order valence-electron chi connectivity index (χ3n) is 3.09. The van der Waals surface area contributed by atoms with Crippen LogP contribution in [0.15, 0.2) is 12.1 Å². The number of hydrogen-bond donors (Lipinski definition) is 0. The van der Waals surface area contributed by atoms with E-state index >= 15 is 0 Å². The molecule has 0 amide bonds. The van der Waals surface area contributed by atoms with Gasteiger partial charge in [-0.25, -0.2) is 0 Å². The van der Waals surface area contributed by atoms with E-state index < -0.39 is 0 Å². The molecular formula is C12H17N. The second kappa shape index (κ2) is 3.13. The molecule has 70 valence electrons. The van der Waals surface area contributed by atoms with E-state index in [1.54, 1.807) is 0 Å². The lowest BCUT2D eigenvalue weighted by molar-refractivity contribution is 0.402. The van der Waals surface area contributed by atoms with Crippen LogP contribution in [0.25, 0.3) is 0 Å². The molecule has 0 aromatic carbocycles. The van der Waals surface area contributed by atoms with Crippen LogP contribution >= 0.6 is 0 Å². The summed E-state index contributed by atoms with van der Waals surface area (Å²) in [5.74, 6) is 1.61. The molecule has 0 N–H and O–H groups in total. The van der Waals surface area contributed by atoms with Gasteiger partial charge in [-0.1, -0.05) is 19.9 Å². The maximum Gasteiger partial charge on any atom is 0.0441 e. The van der Waals surface area contributed by atoms with Crippen molar-refractivity contribution in [1.29, 1.82) is 0 Å². The monoisotopic (exact) mass is 175 g/mol. The third kappa shape index (κ3) is 1.60. The summed E-state index contributed by atoms with van der Waals surface area (Å²) in [6.07, 6.45) is 2.43. The lowest BCUT2D eigenvalue weighted by Crippen LogP contribution is -2.07. The predicted octanol–water partition coefficient (Wildman–Crippen LogP) is 2.76. The molecule has 0 fully saturated rings. The second-order valence-electron chi connectivity index (χ2n) is 4.47. The van der Waals surface area contributed by atoms with Gasteiger partial charge in [0.15, 0.2) is 0 Å². The fraction of sp³-hybridized carbons (Fsp3) is 0.583. The van der Waals surface area contributed by atoms with Gasteiger partial charge in [0.05, 0.1) is 0 Å². The molecule has 1 aromatic heterocycles. The first-order chi connectivity index (χ1) is 6.16. The van der Waals surface area contributed by atoms with Crippen LogP contribution in [0.1, 0.15) is 30.8 Å². The minimum Gasteiger partial charge on any atom is -0.258 e. The summed E-state index contributed by atoms with van der Waals surface area (Å²) in [6, 6.07) is 4.38. The predicted molar refractivity (Wildman–Crippen MR) is 54.7 cm³/mol. The average molecular weight is 175 g/mol. The Balaban J connectivity index is 2.25. The van der Waals surface area contributed by atoms with Crippen molar-refractivity contribution in [3.05, 3.63) is 29.1 Å². The molecular weight excluding hydrogens is 158 g/mol. The fourth-order valence-electron chi connectivity index (χ4n) is 2.08. The standard InChI is InChI=1S/C12H17N/c1-8(2)11-6-10-5-4-9(3)13-12(10)7-11/h4-5,8,11H,6-7H2,1-3H3. The van der Waals surface area contributed by atoms with E-state index in [0.29, 0.717) is 0 Å². The first-order valence-corrected chi connectivity index (χ1v) is 5.12. The minimum absolute atomic E-state index is 0.787. The van der Waals surface area contributed by atoms with Gasteiger partial charge in [-0.2, -0.15) is 0 Å². The minimum atomic E-state index is 0.787. The Morgan fingerprint density at radius 1 is 1.31 bits per heavy atom. The number of pyridine rings is 1. The van der Waals surface area contributed by atoms with Gasteiger partial charge in [0, 0.05) is 11.4 Å². The summed E-state index contributed by atoms with van der Waals surface area (Å²) < 4.78 is 0. The summed E-state index contributed by atoms with van der Waals surface area (Å²) in [4.78, 5) is 4.59. The lowest BCUT2D eigenvalue weighted by atomic mass is 9.93. The van der Waals surface area contributed by atoms with Crippen LogP contribution < -0.4 is 0 Å². The maximum absolute atomic E-state index is 4.59. The second-order valence-corrected chi connectivity index (χ2v) is 4.47. The van der Waals surface area contributed by atoms with Crippen molar-refractivity contribution < 1.29 is 0 Å². The molecule has 0 aliphatic heterocycles. The summed E-state index contributed by atoms with van der Waals surface area (Å²) in [5.41, 5.74) is 3.98. The topological polar surface area (TPSA) is 12.9 Å². The maximum atomic E-state index is 4.59. The Labute approximate surface area is 80.2 Å². The van der Waals surface area contributed by atoms with Crippen molar-refractivity contribution >= 4 is 0 Å². The van der Waals surface area contributed by atoms with Gasteiger partial charge in [0.1, 0.15) is 0 Å². The molecule has 1 nitrogen and oxygen atoms in total. The van der Waals surface area contributed by atoms with Gasteiger partial charge < -0.3 is 0 Å². The van der Waals surface area contributed by atoms with Crippen LogP contribution in [0, 0.1) is 18.8 Å². The van der Waals surface area contributed by atoms with E-state index in [1.165, 1.54) is 24.1 Å². The number of rotatable bonds is 1. The molecule has 1 unspecified atom stereocenters. The van der Waals surface area contributed by atoms with Crippen LogP contribution in [-0.2, 0) is 12.8 Å². The molecule has 1 aromatic rings. The van der Waals surface area contributed by atoms with E-state index in [9.17, 15) is 0 Å². The van der Waals surface area contributed by atoms with E-state index in [0.717, 1.165) is 17.5 Å². The highest BCUT2D eigenvalue weighted by molar-refractivity contribution is 5.28. The van der Waals surface area contributed by atoms with Gasteiger partial charge in [-0.3, -0.25) is 4.98 Å². The largest absolute Gasteiger partial charge is 0.258 e. The Morgan fingerprint density at radius 2 is 2.08 bits per heavy atom. The Hall–Kier alpha value is -0.850. The zero-order valence-corrected chi connectivity index (χ0v) is 8.67. The van der Waals surface area contributed by atoms with Gasteiger partial charge in [0.2, 0.25) is 0 Å². The molecule has 1 atom stereocenters. The molecule has 1 heteroatoms. The molecule has 0 spiro atoms. The van der Waals surface area contributed by atoms with Crippen LogP contribution in [0.3, 0.4) is 0 Å². The molecule has 0 radical (unpaired) electrons. The number of fused-ring (bicyclic) bond motifs is 1. The fourth-order valence-corrected chi connectivity index (χ4v) is 2.08. The Bertz CT molecular complexity index is 315. The van der Waals surface area contributed by atoms with Crippen LogP contribution in [0.2, 0.25) is 0 Å². The van der Waals surface area contributed by atoms with E-state index in [-0.39, 0.29) is 0 Å². The van der Waals surface area contributed by atoms with Crippen molar-refractivity contribution in [3.63, 3.8) is 0 Å². The number of nitrogens with zero attached hydrogens (tertiary/aromatic N) is 1. The number of aromatic nitrogens is 1. The van der Waals surface area contributed by atoms with Crippen molar-refractivity contribution in [2.45, 2.75) is 33.6 Å². The third-order valence-corrected chi connectivity index (χ3v) is 3.09. The smallest absolute Gasteiger partial charge is 0.0441 e. The van der Waals surface area contributed by atoms with Crippen molar-refractivity contribution in [1.82, 2.24) is 4.98 Å². The highest BCUT2D eigenvalue weighted by atomic mass is 14.7. The summed E-state index contributed by atoms with van der Waals surface area (Å²) in [6.45, 7) is 6.69. The molecule has 1 heterocycles. The van der Waals surface area contributed by atoms with Gasteiger partial charge in [0.25, 0.3) is 0 Å². The summed E-state index contributed by atoms with van der Waals surface area (Å²) >= 11 is 0. The summed E-state index contributed by atoms with van der Waals surface area (Å²) in [5, 5.41) is 0. The van der Waals surface area contributed by atoms with Gasteiger partial charge in [-0.15, -0.1) is 0 Å². The Kier molecular flexibility index (Phi) is 2.10. The van der Waals surface area contributed by atoms with E-state index in [4.69, 9.17) is 0 Å². The molecule has 2 rings (SSSR count). The number of aryl methyl sites for hydroxylation is 1. The first-order valence-electron chi connectivity index (χ1n) is 5.12. The Morgan fingerprint density at radius 3 is 2.77 bits per heavy atom. The zero-order chi connectivity index (χ0) is 9.42. The molecule has 0 saturated heterocycles. The first kappa shape index (κ1) is 8.74. The number of hydrogen-bond acceptors (Lipinski definition) is 1. The quantitative estimate of drug-likeness (QED) is 0.639. The molecule has 13 heavy (non-hydrogen) atoms. The van der Waals surface area contributed by atoms with Crippen molar-refractivity contribution in [2.24, 2.45) is 11.8 Å². The van der Waals surface area contributed by atoms with Gasteiger partial charge >= 0.3 is 0 Å². The van der Waals surface area contributed by atoms with Crippen LogP contribution in [0.4, 0.5) is 0 Å². The van der Waals surface area contributed by atoms with Crippen molar-refractivity contribution in [2.75, 3.05) is 0 Å². The van der Waals surface area contributed by atoms with E-state index in [2.05, 4.69) is 37.9 Å². The molecule has 1 aliphatic rings. The average Bonchev–Trinajstić information content (AvgIpc) is 2.46. The van der Waals surface area contributed by atoms with E-state index in [1.807, 2.05) is 0 Å². The molecule has 0 bridgehead atoms. The normalized spacial score (nSPS) is 20.8. The lowest BCUT2D eigenvalue weighted by Gasteiger charge is -2.11. The zero-order valence-electron chi connectivity index (χ0n) is 8.67. The molecule has 1 aliphatic carbocycles. The molecule has 0 saturated carbocycles. The van der Waals surface area contributed by atoms with Crippen LogP contribution in [0.5, 0.6) is 0 Å². The van der Waals surface area contributed by atoms with Gasteiger partial charge in [-0.05, 0) is 43.2 Å². The highest BCUT2D eigenvalue weighted by Crippen LogP contribution is 2.30. The summed E-state index contributed by atoms with van der Waals surface area (Å²) in [7, 11) is 0.